The van der Waals surface area contributed by atoms with Crippen LogP contribution in [0.3, 0.4) is 0 Å². The Kier molecular flexibility index (Phi) is 6.53. The number of carbonyl (C=O) groups excluding carboxylic acids is 2. The molecular weight excluding hydrogens is 258 g/mol. The van der Waals surface area contributed by atoms with Gasteiger partial charge in [0.1, 0.15) is 12.2 Å². The molecule has 0 bridgehead atoms. The van der Waals surface area contributed by atoms with Crippen molar-refractivity contribution in [1.29, 1.82) is 0 Å². The Morgan fingerprint density at radius 2 is 2.10 bits per heavy atom. The summed E-state index contributed by atoms with van der Waals surface area (Å²) in [6, 6.07) is 7.24. The molecule has 0 fully saturated rings. The minimum absolute atomic E-state index is 0.281. The van der Waals surface area contributed by atoms with Gasteiger partial charge in [-0.05, 0) is 12.1 Å². The fraction of sp³-hybridized carbons (Fsp3) is 0.214. The molecule has 0 atom stereocenters. The van der Waals surface area contributed by atoms with Crippen LogP contribution < -0.4 is 15.5 Å². The van der Waals surface area contributed by atoms with E-state index in [0.717, 1.165) is 5.56 Å². The first-order chi connectivity index (χ1) is 9.67. The number of amides is 2. The Hall–Kier alpha value is -2.63. The van der Waals surface area contributed by atoms with Gasteiger partial charge in [-0.2, -0.15) is 5.10 Å². The Bertz CT molecular complexity index is 512. The van der Waals surface area contributed by atoms with Crippen molar-refractivity contribution in [3.63, 3.8) is 0 Å². The van der Waals surface area contributed by atoms with Crippen LogP contribution in [0.1, 0.15) is 12.0 Å². The molecule has 0 aliphatic rings. The first kappa shape index (κ1) is 15.4. The molecule has 106 valence electrons. The third-order valence-electron chi connectivity index (χ3n) is 2.30. The van der Waals surface area contributed by atoms with Crippen LogP contribution in [0.5, 0.6) is 5.75 Å². The Morgan fingerprint density at radius 1 is 1.35 bits per heavy atom. The molecule has 0 aliphatic carbocycles. The zero-order valence-corrected chi connectivity index (χ0v) is 11.3. The van der Waals surface area contributed by atoms with Crippen LogP contribution in [-0.4, -0.2) is 31.7 Å². The molecular formula is C14H17N3O3. The number of nitrogens with zero attached hydrogens (tertiary/aromatic N) is 1. The summed E-state index contributed by atoms with van der Waals surface area (Å²) in [7, 11) is 1.55. The standard InChI is InChI=1S/C14H17N3O3/c1-3-8-15-13(18)9-14(19)17-16-10-11-6-4-5-7-12(11)20-2/h3-7,10H,1,8-9H2,2H3,(H,15,18)(H,17,19)/b16-10-. The highest BCUT2D eigenvalue weighted by atomic mass is 16.5. The predicted molar refractivity (Wildman–Crippen MR) is 76.6 cm³/mol. The van der Waals surface area contributed by atoms with E-state index < -0.39 is 5.91 Å². The van der Waals surface area contributed by atoms with E-state index in [1.165, 1.54) is 12.3 Å². The third-order valence-corrected chi connectivity index (χ3v) is 2.30. The van der Waals surface area contributed by atoms with Crippen molar-refractivity contribution in [3.05, 3.63) is 42.5 Å². The topological polar surface area (TPSA) is 79.8 Å². The number of methoxy groups -OCH3 is 1. The molecule has 6 heteroatoms. The van der Waals surface area contributed by atoms with Crippen molar-refractivity contribution in [2.75, 3.05) is 13.7 Å². The number of benzene rings is 1. The lowest BCUT2D eigenvalue weighted by molar-refractivity contribution is -0.129. The van der Waals surface area contributed by atoms with Gasteiger partial charge < -0.3 is 10.1 Å². The number of ether oxygens (including phenoxy) is 1. The Morgan fingerprint density at radius 3 is 2.80 bits per heavy atom. The molecule has 0 radical (unpaired) electrons. The first-order valence-corrected chi connectivity index (χ1v) is 6.00. The van der Waals surface area contributed by atoms with E-state index in [4.69, 9.17) is 4.74 Å². The second kappa shape index (κ2) is 8.47. The molecule has 2 N–H and O–H groups in total. The predicted octanol–water partition coefficient (Wildman–Crippen LogP) is 0.838. The minimum Gasteiger partial charge on any atom is -0.496 e. The molecule has 0 heterocycles. The quantitative estimate of drug-likeness (QED) is 0.335. The van der Waals surface area contributed by atoms with Crippen molar-refractivity contribution in [3.8, 4) is 5.75 Å². The Balaban J connectivity index is 2.46. The normalized spacial score (nSPS) is 10.1. The number of nitrogens with one attached hydrogen (secondary N) is 2. The first-order valence-electron chi connectivity index (χ1n) is 6.00. The zero-order valence-electron chi connectivity index (χ0n) is 11.3. The van der Waals surface area contributed by atoms with Gasteiger partial charge in [0.2, 0.25) is 11.8 Å². The SMILES string of the molecule is C=CCNC(=O)CC(=O)N/N=C\c1ccccc1OC. The maximum Gasteiger partial charge on any atom is 0.249 e. The van der Waals surface area contributed by atoms with Gasteiger partial charge in [0.25, 0.3) is 0 Å². The van der Waals surface area contributed by atoms with Crippen molar-refractivity contribution in [1.82, 2.24) is 10.7 Å². The molecule has 1 aromatic carbocycles. The van der Waals surface area contributed by atoms with Crippen LogP contribution in [0.2, 0.25) is 0 Å². The molecule has 0 aliphatic heterocycles. The van der Waals surface area contributed by atoms with E-state index in [-0.39, 0.29) is 12.3 Å². The molecule has 1 aromatic rings. The van der Waals surface area contributed by atoms with E-state index in [0.29, 0.717) is 12.3 Å². The second-order valence-electron chi connectivity index (χ2n) is 3.80. The number of para-hydroxylation sites is 1. The number of hydrazone groups is 1. The van der Waals surface area contributed by atoms with E-state index in [1.54, 1.807) is 19.2 Å². The monoisotopic (exact) mass is 275 g/mol. The largest absolute Gasteiger partial charge is 0.496 e. The van der Waals surface area contributed by atoms with Crippen LogP contribution in [0.15, 0.2) is 42.0 Å². The van der Waals surface area contributed by atoms with Crippen LogP contribution >= 0.6 is 0 Å². The highest BCUT2D eigenvalue weighted by Crippen LogP contribution is 2.14. The molecule has 20 heavy (non-hydrogen) atoms. The summed E-state index contributed by atoms with van der Waals surface area (Å²) in [4.78, 5) is 22.7. The van der Waals surface area contributed by atoms with Gasteiger partial charge in [0.05, 0.1) is 13.3 Å². The smallest absolute Gasteiger partial charge is 0.249 e. The summed E-state index contributed by atoms with van der Waals surface area (Å²) >= 11 is 0. The van der Waals surface area contributed by atoms with Crippen LogP contribution in [0, 0.1) is 0 Å². The molecule has 0 saturated carbocycles. The zero-order chi connectivity index (χ0) is 14.8. The summed E-state index contributed by atoms with van der Waals surface area (Å²) < 4.78 is 5.13. The number of hydrogen-bond donors (Lipinski definition) is 2. The summed E-state index contributed by atoms with van der Waals surface area (Å²) in [5.41, 5.74) is 3.01. The fourth-order valence-electron chi connectivity index (χ4n) is 1.38. The summed E-state index contributed by atoms with van der Waals surface area (Å²) in [5, 5.41) is 6.28. The summed E-state index contributed by atoms with van der Waals surface area (Å²) in [6.45, 7) is 3.79. The van der Waals surface area contributed by atoms with E-state index >= 15 is 0 Å². The van der Waals surface area contributed by atoms with E-state index in [1.807, 2.05) is 12.1 Å². The maximum atomic E-state index is 11.4. The van der Waals surface area contributed by atoms with Gasteiger partial charge in [-0.15, -0.1) is 6.58 Å². The highest BCUT2D eigenvalue weighted by Gasteiger charge is 2.07. The van der Waals surface area contributed by atoms with E-state index in [2.05, 4.69) is 22.4 Å². The van der Waals surface area contributed by atoms with Crippen molar-refractivity contribution in [2.24, 2.45) is 5.10 Å². The molecule has 0 unspecified atom stereocenters. The minimum atomic E-state index is -0.488. The Labute approximate surface area is 117 Å². The lowest BCUT2D eigenvalue weighted by Gasteiger charge is -2.03. The second-order valence-corrected chi connectivity index (χ2v) is 3.80. The lowest BCUT2D eigenvalue weighted by atomic mass is 10.2. The highest BCUT2D eigenvalue weighted by molar-refractivity contribution is 5.97. The molecule has 0 saturated heterocycles. The van der Waals surface area contributed by atoms with Gasteiger partial charge in [-0.1, -0.05) is 18.2 Å². The van der Waals surface area contributed by atoms with Gasteiger partial charge in [0.15, 0.2) is 0 Å². The third kappa shape index (κ3) is 5.34. The van der Waals surface area contributed by atoms with Gasteiger partial charge >= 0.3 is 0 Å². The van der Waals surface area contributed by atoms with Gasteiger partial charge in [-0.25, -0.2) is 5.43 Å². The van der Waals surface area contributed by atoms with Crippen molar-refractivity contribution < 1.29 is 14.3 Å². The van der Waals surface area contributed by atoms with Crippen LogP contribution in [0.4, 0.5) is 0 Å². The van der Waals surface area contributed by atoms with Crippen molar-refractivity contribution in [2.45, 2.75) is 6.42 Å². The number of carbonyl (C=O) groups is 2. The number of hydrogen-bond acceptors (Lipinski definition) is 4. The average Bonchev–Trinajstić information content (AvgIpc) is 2.45. The van der Waals surface area contributed by atoms with Crippen molar-refractivity contribution >= 4 is 18.0 Å². The summed E-state index contributed by atoms with van der Waals surface area (Å²) in [6.07, 6.45) is 2.71. The van der Waals surface area contributed by atoms with Crippen LogP contribution in [0.25, 0.3) is 0 Å². The van der Waals surface area contributed by atoms with E-state index in [9.17, 15) is 9.59 Å². The van der Waals surface area contributed by atoms with Gasteiger partial charge in [0, 0.05) is 12.1 Å². The molecule has 2 amide bonds. The van der Waals surface area contributed by atoms with Gasteiger partial charge in [-0.3, -0.25) is 9.59 Å². The number of rotatable bonds is 7. The summed E-state index contributed by atoms with van der Waals surface area (Å²) in [5.74, 6) is -0.221. The average molecular weight is 275 g/mol. The molecule has 6 nitrogen and oxygen atoms in total. The molecule has 1 rings (SSSR count). The molecule has 0 aromatic heterocycles. The fourth-order valence-corrected chi connectivity index (χ4v) is 1.38. The van der Waals surface area contributed by atoms with Crippen LogP contribution in [-0.2, 0) is 9.59 Å². The lowest BCUT2D eigenvalue weighted by Crippen LogP contribution is -2.29. The maximum absolute atomic E-state index is 11.4. The molecule has 0 spiro atoms.